The van der Waals surface area contributed by atoms with Gasteiger partial charge in [-0.2, -0.15) is 0 Å². The number of allylic oxidation sites excluding steroid dienone is 34. The molecule has 0 aromatic carbocycles. The second-order valence-corrected chi connectivity index (χ2v) is 35.3. The fourth-order valence-corrected chi connectivity index (χ4v) is 14.7. The molecule has 0 heterocycles. The van der Waals surface area contributed by atoms with Crippen molar-refractivity contribution >= 4 is 33.6 Å². The van der Waals surface area contributed by atoms with Gasteiger partial charge in [0.15, 0.2) is 6.10 Å². The van der Waals surface area contributed by atoms with Crippen molar-refractivity contribution in [1.29, 1.82) is 0 Å². The lowest BCUT2D eigenvalue weighted by Crippen LogP contribution is -2.30. The van der Waals surface area contributed by atoms with E-state index in [0.29, 0.717) is 19.3 Å². The molecule has 0 amide bonds. The topological polar surface area (TPSA) is 231 Å². The average molecular weight is 1780 g/mol. The molecule has 0 aliphatic rings. The van der Waals surface area contributed by atoms with Gasteiger partial charge in [-0.3, -0.25) is 32.5 Å². The van der Waals surface area contributed by atoms with E-state index in [4.69, 9.17) is 32.3 Å². The number of aliphatic hydroxyl groups excluding tert-OH is 2. The van der Waals surface area contributed by atoms with Crippen molar-refractivity contribution in [2.75, 3.05) is 39.6 Å². The third-order valence-electron chi connectivity index (χ3n) is 20.5. The van der Waals surface area contributed by atoms with E-state index >= 15 is 0 Å². The number of hydrogen-bond acceptors (Lipinski definition) is 14. The third-order valence-corrected chi connectivity index (χ3v) is 22.4. The molecule has 0 fully saturated rings. The quantitative estimate of drug-likeness (QED) is 0.0146. The Labute approximate surface area is 762 Å². The maximum atomic E-state index is 13.1. The van der Waals surface area contributed by atoms with Crippen LogP contribution in [0.3, 0.4) is 0 Å². The van der Waals surface area contributed by atoms with Crippen LogP contribution in [0.4, 0.5) is 0 Å². The van der Waals surface area contributed by atoms with Gasteiger partial charge in [-0.25, -0.2) is 9.13 Å². The van der Waals surface area contributed by atoms with Crippen molar-refractivity contribution < 1.29 is 75.8 Å². The summed E-state index contributed by atoms with van der Waals surface area (Å²) in [5.74, 6) is -1.58. The molecule has 0 aromatic rings. The second kappa shape index (κ2) is 97.2. The zero-order valence-electron chi connectivity index (χ0n) is 78.7. The summed E-state index contributed by atoms with van der Waals surface area (Å²) in [4.78, 5) is 59.2. The van der Waals surface area contributed by atoms with Crippen molar-refractivity contribution in [2.45, 2.75) is 411 Å². The molecule has 712 valence electrons. The molecule has 16 nitrogen and oxygen atoms in total. The number of unbranched alkanes of at least 4 members (excludes halogenated alkanes) is 35. The van der Waals surface area contributed by atoms with Gasteiger partial charge in [0.05, 0.1) is 26.4 Å². The molecule has 0 spiro atoms. The Morgan fingerprint density at radius 3 is 0.632 bits per heavy atom. The molecule has 0 aliphatic carbocycles. The second-order valence-electron chi connectivity index (χ2n) is 32.4. The van der Waals surface area contributed by atoms with Crippen LogP contribution in [0.5, 0.6) is 0 Å². The van der Waals surface area contributed by atoms with Crippen molar-refractivity contribution in [3.63, 3.8) is 0 Å². The standard InChI is InChI=1S/C107H178O16P2/c1-4-7-10-13-16-19-22-25-28-31-34-37-40-43-46-47-48-49-50-51-52-53-56-58-60-63-66-69-72-75-78-81-84-87-90-93-105(110)117-96-102(108)97-119-124(113,114)120-98-103(109)99-121-125(115,116)122-101-104(123-107(112)95-92-89-86-83-80-77-74-71-68-65-62-59-55-45-42-39-36-33-30-27-24-21-18-15-12-9-6-3)100-118-106(111)94-91-88-85-82-79-76-73-70-67-64-61-57-54-44-41-38-35-32-29-26-23-20-17-14-11-8-5-2/h7-12,16-21,25-30,34-39,43-46,48-49,54-55,61,64,102-104,108-109H,4-6,13-15,22-24,31-33,40-42,47,50-53,56-60,62-63,65-101H2,1-3H3,(H,113,114)(H,115,116)/b10-7-,11-8-,12-9-,19-16-,20-17-,21-18-,28-25-,29-26-,30-27-,37-34-,38-35-,39-36-,46-43-,49-48-,54-44-,55-45-,64-61-. The van der Waals surface area contributed by atoms with Crippen LogP contribution < -0.4 is 0 Å². The van der Waals surface area contributed by atoms with Gasteiger partial charge in [-0.1, -0.05) is 414 Å². The van der Waals surface area contributed by atoms with Crippen molar-refractivity contribution in [2.24, 2.45) is 0 Å². The first-order valence-electron chi connectivity index (χ1n) is 49.4. The van der Waals surface area contributed by atoms with Gasteiger partial charge in [-0.15, -0.1) is 0 Å². The Bertz CT molecular complexity index is 3100. The van der Waals surface area contributed by atoms with E-state index in [1.165, 1.54) is 128 Å². The number of esters is 3. The van der Waals surface area contributed by atoms with Crippen LogP contribution in [0, 0.1) is 0 Å². The normalized spacial score (nSPS) is 14.6. The minimum Gasteiger partial charge on any atom is -0.463 e. The lowest BCUT2D eigenvalue weighted by Gasteiger charge is -2.21. The highest BCUT2D eigenvalue weighted by atomic mass is 31.2. The van der Waals surface area contributed by atoms with Gasteiger partial charge >= 0.3 is 33.6 Å². The first-order valence-corrected chi connectivity index (χ1v) is 52.4. The van der Waals surface area contributed by atoms with Crippen LogP contribution in [-0.4, -0.2) is 95.9 Å². The Balaban J connectivity index is 4.61. The fourth-order valence-electron chi connectivity index (χ4n) is 13.1. The van der Waals surface area contributed by atoms with Crippen molar-refractivity contribution in [3.05, 3.63) is 207 Å². The van der Waals surface area contributed by atoms with E-state index in [1.807, 2.05) is 0 Å². The van der Waals surface area contributed by atoms with Gasteiger partial charge in [0.1, 0.15) is 25.4 Å². The monoisotopic (exact) mass is 1780 g/mol. The Kier molecular flexibility index (Phi) is 92.6. The molecule has 18 heteroatoms. The van der Waals surface area contributed by atoms with E-state index in [0.717, 1.165) is 205 Å². The van der Waals surface area contributed by atoms with E-state index in [-0.39, 0.29) is 19.3 Å². The Morgan fingerprint density at radius 1 is 0.224 bits per heavy atom. The molecular formula is C107H178O16P2. The molecule has 0 bridgehead atoms. The molecular weight excluding hydrogens is 1600 g/mol. The van der Waals surface area contributed by atoms with Crippen LogP contribution in [-0.2, 0) is 55.8 Å². The summed E-state index contributed by atoms with van der Waals surface area (Å²) in [6.07, 6.45) is 132. The average Bonchev–Trinajstić information content (AvgIpc) is 0.906. The summed E-state index contributed by atoms with van der Waals surface area (Å²) in [6, 6.07) is 0. The van der Waals surface area contributed by atoms with E-state index in [1.54, 1.807) is 0 Å². The number of carbonyl (C=O) groups is 3. The molecule has 5 unspecified atom stereocenters. The lowest BCUT2D eigenvalue weighted by atomic mass is 10.0. The predicted molar refractivity (Wildman–Crippen MR) is 527 cm³/mol. The smallest absolute Gasteiger partial charge is 0.463 e. The maximum Gasteiger partial charge on any atom is 0.472 e. The highest BCUT2D eigenvalue weighted by Crippen LogP contribution is 2.45. The Hall–Kier alpha value is -5.87. The van der Waals surface area contributed by atoms with E-state index in [9.17, 15) is 43.5 Å². The number of phosphoric acid groups is 2. The van der Waals surface area contributed by atoms with Crippen LogP contribution >= 0.6 is 15.6 Å². The molecule has 0 aromatic heterocycles. The van der Waals surface area contributed by atoms with E-state index < -0.39 is 91.5 Å². The largest absolute Gasteiger partial charge is 0.472 e. The number of carbonyl (C=O) groups excluding carboxylic acids is 3. The molecule has 0 saturated heterocycles. The zero-order valence-corrected chi connectivity index (χ0v) is 80.5. The number of aliphatic hydroxyl groups is 2. The fraction of sp³-hybridized carbons (Fsp3) is 0.654. The predicted octanol–water partition coefficient (Wildman–Crippen LogP) is 31.1. The number of hydrogen-bond donors (Lipinski definition) is 4. The number of rotatable bonds is 92. The summed E-state index contributed by atoms with van der Waals surface area (Å²) in [5, 5.41) is 20.8. The van der Waals surface area contributed by atoms with Gasteiger partial charge < -0.3 is 34.2 Å². The van der Waals surface area contributed by atoms with Crippen molar-refractivity contribution in [1.82, 2.24) is 0 Å². The summed E-state index contributed by atoms with van der Waals surface area (Å²) in [7, 11) is -9.83. The molecule has 5 atom stereocenters. The van der Waals surface area contributed by atoms with Crippen LogP contribution in [0.2, 0.25) is 0 Å². The minimum atomic E-state index is -4.95. The molecule has 0 aliphatic heterocycles. The summed E-state index contributed by atoms with van der Waals surface area (Å²) in [5.41, 5.74) is 0. The number of ether oxygens (including phenoxy) is 3. The van der Waals surface area contributed by atoms with Gasteiger partial charge in [0, 0.05) is 19.3 Å². The lowest BCUT2D eigenvalue weighted by molar-refractivity contribution is -0.161. The zero-order chi connectivity index (χ0) is 90.7. The number of phosphoric ester groups is 2. The Morgan fingerprint density at radius 2 is 0.400 bits per heavy atom. The molecule has 125 heavy (non-hydrogen) atoms. The summed E-state index contributed by atoms with van der Waals surface area (Å²) < 4.78 is 61.6. The molecule has 0 saturated carbocycles. The van der Waals surface area contributed by atoms with Crippen LogP contribution in [0.15, 0.2) is 207 Å². The minimum absolute atomic E-state index is 0.0920. The van der Waals surface area contributed by atoms with Crippen LogP contribution in [0.25, 0.3) is 0 Å². The summed E-state index contributed by atoms with van der Waals surface area (Å²) >= 11 is 0. The van der Waals surface area contributed by atoms with Gasteiger partial charge in [0.2, 0.25) is 0 Å². The van der Waals surface area contributed by atoms with Crippen molar-refractivity contribution in [3.8, 4) is 0 Å². The molecule has 0 radical (unpaired) electrons. The van der Waals surface area contributed by atoms with Gasteiger partial charge in [0.25, 0.3) is 0 Å². The third kappa shape index (κ3) is 98.6. The first-order chi connectivity index (χ1) is 61.2. The van der Waals surface area contributed by atoms with Gasteiger partial charge in [-0.05, 0) is 167 Å². The first kappa shape index (κ1) is 119. The highest BCUT2D eigenvalue weighted by Gasteiger charge is 2.30. The maximum absolute atomic E-state index is 13.1. The molecule has 4 N–H and O–H groups in total. The van der Waals surface area contributed by atoms with E-state index in [2.05, 4.69) is 227 Å². The summed E-state index contributed by atoms with van der Waals surface area (Å²) in [6.45, 7) is 2.37. The molecule has 0 rings (SSSR count). The highest BCUT2D eigenvalue weighted by molar-refractivity contribution is 7.47. The SMILES string of the molecule is CC/C=C\C/C=C\C/C=C\C/C=C\C/C=C\C/C=C\CCCCCCCCCCCCCCCCCCC(=O)OCC(O)COP(=O)(O)OCC(O)COP(=O)(O)OCC(COC(=O)CCCCCCCCCC/C=C\C/C=C\C/C=C\C/C=C\C/C=C\C/C=C\CC)OC(=O)CCCCCCCCCCCCC/C=C\C/C=C\C/C=C\C/C=C\C/C=C\CC. The van der Waals surface area contributed by atoms with Crippen LogP contribution in [0.1, 0.15) is 393 Å².